The van der Waals surface area contributed by atoms with E-state index in [0.29, 0.717) is 29.8 Å². The molecule has 1 amide bonds. The van der Waals surface area contributed by atoms with Crippen LogP contribution >= 0.6 is 11.6 Å². The molecule has 1 aliphatic heterocycles. The Morgan fingerprint density at radius 3 is 2.34 bits per heavy atom. The van der Waals surface area contributed by atoms with Crippen LogP contribution in [0, 0.1) is 13.8 Å². The Labute approximate surface area is 197 Å². The molecule has 2 aromatic rings. The first-order chi connectivity index (χ1) is 15.4. The Kier molecular flexibility index (Phi) is 8.57. The van der Waals surface area contributed by atoms with Gasteiger partial charge in [-0.3, -0.25) is 9.69 Å². The summed E-state index contributed by atoms with van der Waals surface area (Å²) in [5.41, 5.74) is 4.51. The highest BCUT2D eigenvalue weighted by molar-refractivity contribution is 6.30. The molecule has 2 aromatic carbocycles. The van der Waals surface area contributed by atoms with Gasteiger partial charge in [0.2, 0.25) is 0 Å². The number of amides is 1. The van der Waals surface area contributed by atoms with Gasteiger partial charge in [-0.05, 0) is 80.6 Å². The second kappa shape index (κ2) is 11.2. The van der Waals surface area contributed by atoms with Crippen molar-refractivity contribution in [3.63, 3.8) is 0 Å². The summed E-state index contributed by atoms with van der Waals surface area (Å²) in [6.45, 7) is 9.59. The highest BCUT2D eigenvalue weighted by Gasteiger charge is 2.30. The standard InChI is InChI=1S/C26H35ClN2O3/c1-18-19(2)25(32-5)11-10-24(18)20(3)28-14-12-23(13-15-28)29(16-17-31-4)26(30)21-6-8-22(27)9-7-21/h6-11,20,23H,12-17H2,1-5H3. The molecule has 0 aromatic heterocycles. The van der Waals surface area contributed by atoms with E-state index in [9.17, 15) is 4.79 Å². The van der Waals surface area contributed by atoms with E-state index >= 15 is 0 Å². The van der Waals surface area contributed by atoms with Gasteiger partial charge in [-0.1, -0.05) is 17.7 Å². The van der Waals surface area contributed by atoms with Crippen LogP contribution in [0.5, 0.6) is 5.75 Å². The Hall–Kier alpha value is -2.08. The van der Waals surface area contributed by atoms with Gasteiger partial charge in [0.1, 0.15) is 5.75 Å². The van der Waals surface area contributed by atoms with E-state index in [4.69, 9.17) is 21.1 Å². The van der Waals surface area contributed by atoms with Crippen molar-refractivity contribution in [2.24, 2.45) is 0 Å². The summed E-state index contributed by atoms with van der Waals surface area (Å²) < 4.78 is 10.8. The number of carbonyl (C=O) groups is 1. The average Bonchev–Trinajstić information content (AvgIpc) is 2.81. The van der Waals surface area contributed by atoms with Crippen LogP contribution in [0.15, 0.2) is 36.4 Å². The lowest BCUT2D eigenvalue weighted by Crippen LogP contribution is -2.49. The molecular weight excluding hydrogens is 424 g/mol. The molecule has 1 aliphatic rings. The number of nitrogens with zero attached hydrogens (tertiary/aromatic N) is 2. The van der Waals surface area contributed by atoms with Crippen LogP contribution in [0.1, 0.15) is 52.9 Å². The fourth-order valence-electron chi connectivity index (χ4n) is 4.67. The molecule has 0 N–H and O–H groups in total. The zero-order chi connectivity index (χ0) is 23.3. The predicted molar refractivity (Wildman–Crippen MR) is 130 cm³/mol. The molecule has 174 valence electrons. The number of piperidine rings is 1. The summed E-state index contributed by atoms with van der Waals surface area (Å²) >= 11 is 6.00. The molecule has 1 unspecified atom stereocenters. The van der Waals surface area contributed by atoms with E-state index in [2.05, 4.69) is 37.8 Å². The summed E-state index contributed by atoms with van der Waals surface area (Å²) in [5, 5.41) is 0.636. The summed E-state index contributed by atoms with van der Waals surface area (Å²) in [6, 6.07) is 11.9. The van der Waals surface area contributed by atoms with Gasteiger partial charge in [0.05, 0.1) is 13.7 Å². The Bertz CT molecular complexity index is 908. The number of methoxy groups -OCH3 is 2. The highest BCUT2D eigenvalue weighted by Crippen LogP contribution is 2.32. The van der Waals surface area contributed by atoms with Gasteiger partial charge < -0.3 is 14.4 Å². The maximum atomic E-state index is 13.2. The summed E-state index contributed by atoms with van der Waals surface area (Å²) in [6.07, 6.45) is 1.89. The van der Waals surface area contributed by atoms with Crippen molar-refractivity contribution < 1.29 is 14.3 Å². The van der Waals surface area contributed by atoms with Gasteiger partial charge >= 0.3 is 0 Å². The Balaban J connectivity index is 1.69. The maximum absolute atomic E-state index is 13.2. The lowest BCUT2D eigenvalue weighted by molar-refractivity contribution is 0.0445. The fraction of sp³-hybridized carbons (Fsp3) is 0.500. The van der Waals surface area contributed by atoms with Crippen molar-refractivity contribution in [3.8, 4) is 5.75 Å². The number of carbonyl (C=O) groups excluding carboxylic acids is 1. The molecule has 1 saturated heterocycles. The third kappa shape index (κ3) is 5.45. The van der Waals surface area contributed by atoms with Crippen LogP contribution < -0.4 is 4.74 Å². The van der Waals surface area contributed by atoms with E-state index in [1.165, 1.54) is 16.7 Å². The van der Waals surface area contributed by atoms with Gasteiger partial charge in [0.15, 0.2) is 0 Å². The minimum atomic E-state index is 0.0480. The van der Waals surface area contributed by atoms with Crippen LogP contribution in [-0.4, -0.2) is 62.2 Å². The Morgan fingerprint density at radius 2 is 1.75 bits per heavy atom. The van der Waals surface area contributed by atoms with Gasteiger partial charge in [0.25, 0.3) is 5.91 Å². The van der Waals surface area contributed by atoms with Gasteiger partial charge in [0, 0.05) is 49.4 Å². The first kappa shape index (κ1) is 24.6. The monoisotopic (exact) mass is 458 g/mol. The normalized spacial score (nSPS) is 16.1. The number of hydrogen-bond donors (Lipinski definition) is 0. The molecule has 1 fully saturated rings. The van der Waals surface area contributed by atoms with Crippen molar-refractivity contribution in [2.45, 2.75) is 45.7 Å². The second-order valence-electron chi connectivity index (χ2n) is 8.55. The van der Waals surface area contributed by atoms with Gasteiger partial charge in [-0.25, -0.2) is 0 Å². The van der Waals surface area contributed by atoms with Crippen molar-refractivity contribution in [1.29, 1.82) is 0 Å². The molecule has 0 aliphatic carbocycles. The summed E-state index contributed by atoms with van der Waals surface area (Å²) in [4.78, 5) is 17.7. The minimum Gasteiger partial charge on any atom is -0.496 e. The molecule has 3 rings (SSSR count). The van der Waals surface area contributed by atoms with E-state index in [1.54, 1.807) is 38.5 Å². The fourth-order valence-corrected chi connectivity index (χ4v) is 4.80. The van der Waals surface area contributed by atoms with Gasteiger partial charge in [-0.15, -0.1) is 0 Å². The molecule has 1 atom stereocenters. The predicted octanol–water partition coefficient (Wildman–Crippen LogP) is 5.28. The van der Waals surface area contributed by atoms with Crippen molar-refractivity contribution in [1.82, 2.24) is 9.80 Å². The molecule has 0 radical (unpaired) electrons. The van der Waals surface area contributed by atoms with Gasteiger partial charge in [-0.2, -0.15) is 0 Å². The molecule has 0 saturated carbocycles. The number of hydrogen-bond acceptors (Lipinski definition) is 4. The van der Waals surface area contributed by atoms with Crippen LogP contribution in [0.3, 0.4) is 0 Å². The molecule has 0 bridgehead atoms. The summed E-state index contributed by atoms with van der Waals surface area (Å²) in [7, 11) is 3.39. The number of halogens is 1. The lowest BCUT2D eigenvalue weighted by Gasteiger charge is -2.41. The van der Waals surface area contributed by atoms with E-state index in [1.807, 2.05) is 4.90 Å². The number of benzene rings is 2. The first-order valence-electron chi connectivity index (χ1n) is 11.3. The van der Waals surface area contributed by atoms with E-state index in [-0.39, 0.29) is 11.9 Å². The van der Waals surface area contributed by atoms with Crippen molar-refractivity contribution in [3.05, 3.63) is 63.7 Å². The summed E-state index contributed by atoms with van der Waals surface area (Å²) in [5.74, 6) is 0.985. The van der Waals surface area contributed by atoms with E-state index in [0.717, 1.165) is 31.7 Å². The largest absolute Gasteiger partial charge is 0.496 e. The van der Waals surface area contributed by atoms with Crippen LogP contribution in [-0.2, 0) is 4.74 Å². The maximum Gasteiger partial charge on any atom is 0.254 e. The minimum absolute atomic E-state index is 0.0480. The molecule has 32 heavy (non-hydrogen) atoms. The molecule has 0 spiro atoms. The number of likely N-dealkylation sites (tertiary alicyclic amines) is 1. The average molecular weight is 459 g/mol. The molecule has 1 heterocycles. The van der Waals surface area contributed by atoms with Crippen LogP contribution in [0.25, 0.3) is 0 Å². The third-order valence-corrected chi connectivity index (χ3v) is 7.08. The number of ether oxygens (including phenoxy) is 2. The van der Waals surface area contributed by atoms with E-state index < -0.39 is 0 Å². The van der Waals surface area contributed by atoms with Crippen LogP contribution in [0.4, 0.5) is 0 Å². The SMILES string of the molecule is COCCN(C(=O)c1ccc(Cl)cc1)C1CCN(C(C)c2ccc(OC)c(C)c2C)CC1. The van der Waals surface area contributed by atoms with Crippen molar-refractivity contribution in [2.75, 3.05) is 40.5 Å². The van der Waals surface area contributed by atoms with Crippen molar-refractivity contribution >= 4 is 17.5 Å². The highest BCUT2D eigenvalue weighted by atomic mass is 35.5. The van der Waals surface area contributed by atoms with Crippen LogP contribution in [0.2, 0.25) is 5.02 Å². The molecular formula is C26H35ClN2O3. The number of rotatable bonds is 8. The zero-order valence-electron chi connectivity index (χ0n) is 19.9. The smallest absolute Gasteiger partial charge is 0.254 e. The Morgan fingerprint density at radius 1 is 1.09 bits per heavy atom. The first-order valence-corrected chi connectivity index (χ1v) is 11.7. The molecule has 6 heteroatoms. The molecule has 5 nitrogen and oxygen atoms in total. The lowest BCUT2D eigenvalue weighted by atomic mass is 9.94. The quantitative estimate of drug-likeness (QED) is 0.539. The zero-order valence-corrected chi connectivity index (χ0v) is 20.6. The second-order valence-corrected chi connectivity index (χ2v) is 8.98. The topological polar surface area (TPSA) is 42.0 Å². The third-order valence-electron chi connectivity index (χ3n) is 6.83.